The van der Waals surface area contributed by atoms with Crippen molar-refractivity contribution in [1.29, 1.82) is 0 Å². The van der Waals surface area contributed by atoms with E-state index in [4.69, 9.17) is 20.7 Å². The fourth-order valence-electron chi connectivity index (χ4n) is 5.63. The molecular weight excluding hydrogens is 741 g/mol. The fraction of sp³-hybridized carbons (Fsp3) is 0.295. The molecule has 14 heteroatoms. The van der Waals surface area contributed by atoms with Crippen molar-refractivity contribution in [3.05, 3.63) is 132 Å². The van der Waals surface area contributed by atoms with Gasteiger partial charge in [0.1, 0.15) is 23.6 Å². The van der Waals surface area contributed by atoms with Gasteiger partial charge in [0.2, 0.25) is 23.6 Å². The van der Waals surface area contributed by atoms with Crippen LogP contribution >= 0.6 is 0 Å². The first-order valence-corrected chi connectivity index (χ1v) is 18.8. The molecule has 0 fully saturated rings. The van der Waals surface area contributed by atoms with Crippen molar-refractivity contribution in [3.8, 4) is 11.5 Å². The number of amides is 4. The number of phenolic OH excluding ortho intramolecular Hbond substituents is 2. The second-order valence-corrected chi connectivity index (χ2v) is 14.1. The molecule has 0 spiro atoms. The molecular formula is C44H54N6O8. The van der Waals surface area contributed by atoms with E-state index < -0.39 is 35.8 Å². The first-order chi connectivity index (χ1) is 27.7. The Hall–Kier alpha value is -6.67. The number of phenols is 2. The molecule has 58 heavy (non-hydrogen) atoms. The average molecular weight is 795 g/mol. The number of aromatic amines is 1. The van der Waals surface area contributed by atoms with Gasteiger partial charge in [0.05, 0.1) is 12.6 Å². The molecule has 0 bridgehead atoms. The minimum Gasteiger partial charge on any atom is -0.508 e. The number of rotatable bonds is 15. The van der Waals surface area contributed by atoms with Crippen molar-refractivity contribution in [1.82, 2.24) is 26.3 Å². The molecule has 4 amide bonds. The standard InChI is InChI=1S/C36H44N6O5.C7H8O.CH2O2/c1-22(2)23(3)40-33(44)21-39-35(46)32(19-26-20-38-30-12-8-7-11-28(26)30)42-36(47)31(18-24-9-5-4-6-10-24)41-34(45)29(37)17-25-13-15-27(43)16-14-25;1-6-2-4-7(8)5-3-6;2-1-3/h4-16,20,22-23,29,31-32,38,43H,17-19,21,37H2,1-3H3,(H,39,46)(H,40,44)(H,41,45)(H,42,47);2-5,8H,1H3;1H,(H,2,3)/t23?,29?,31-,32?;;/m0../s1. The maximum Gasteiger partial charge on any atom is 0.290 e. The topological polar surface area (TPSA) is 236 Å². The molecule has 14 nitrogen and oxygen atoms in total. The number of nitrogens with one attached hydrogen (secondary N) is 5. The van der Waals surface area contributed by atoms with Crippen LogP contribution in [0, 0.1) is 12.8 Å². The van der Waals surface area contributed by atoms with Crippen LogP contribution in [0.3, 0.4) is 0 Å². The monoisotopic (exact) mass is 794 g/mol. The van der Waals surface area contributed by atoms with Gasteiger partial charge in [-0.2, -0.15) is 0 Å². The third-order valence-electron chi connectivity index (χ3n) is 9.22. The molecule has 0 aliphatic rings. The lowest BCUT2D eigenvalue weighted by Gasteiger charge is -2.25. The summed E-state index contributed by atoms with van der Waals surface area (Å²) < 4.78 is 0. The highest BCUT2D eigenvalue weighted by Crippen LogP contribution is 2.20. The zero-order valence-corrected chi connectivity index (χ0v) is 33.1. The Balaban J connectivity index is 0.000000711. The first kappa shape index (κ1) is 45.7. The lowest BCUT2D eigenvalue weighted by atomic mass is 10.0. The molecule has 4 atom stereocenters. The minimum atomic E-state index is -1.06. The number of para-hydroxylation sites is 1. The number of aromatic nitrogens is 1. The van der Waals surface area contributed by atoms with Crippen molar-refractivity contribution in [2.45, 2.75) is 71.1 Å². The van der Waals surface area contributed by atoms with Crippen LogP contribution < -0.4 is 27.0 Å². The molecule has 5 aromatic rings. The normalized spacial score (nSPS) is 12.6. The highest BCUT2D eigenvalue weighted by atomic mass is 16.3. The summed E-state index contributed by atoms with van der Waals surface area (Å²) in [6.07, 6.45) is 2.27. The van der Waals surface area contributed by atoms with Gasteiger partial charge < -0.3 is 47.3 Å². The molecule has 3 unspecified atom stereocenters. The van der Waals surface area contributed by atoms with Crippen LogP contribution in [0.1, 0.15) is 43.0 Å². The van der Waals surface area contributed by atoms with E-state index in [1.54, 1.807) is 30.5 Å². The number of nitrogens with two attached hydrogens (primary N) is 1. The summed E-state index contributed by atoms with van der Waals surface area (Å²) >= 11 is 0. The largest absolute Gasteiger partial charge is 0.508 e. The van der Waals surface area contributed by atoms with Gasteiger partial charge in [-0.3, -0.25) is 24.0 Å². The van der Waals surface area contributed by atoms with E-state index in [-0.39, 0.29) is 55.9 Å². The third-order valence-corrected chi connectivity index (χ3v) is 9.22. The van der Waals surface area contributed by atoms with Gasteiger partial charge in [-0.05, 0) is 73.2 Å². The van der Waals surface area contributed by atoms with Crippen molar-refractivity contribution >= 4 is 41.0 Å². The molecule has 0 saturated heterocycles. The summed E-state index contributed by atoms with van der Waals surface area (Å²) in [7, 11) is 0. The number of carboxylic acid groups (broad SMARTS) is 1. The Morgan fingerprint density at radius 2 is 1.22 bits per heavy atom. The van der Waals surface area contributed by atoms with Crippen molar-refractivity contribution in [2.75, 3.05) is 6.54 Å². The molecule has 5 rings (SSSR count). The molecule has 0 saturated carbocycles. The number of aryl methyl sites for hydroxylation is 1. The van der Waals surface area contributed by atoms with E-state index in [9.17, 15) is 24.3 Å². The second-order valence-electron chi connectivity index (χ2n) is 14.1. The van der Waals surface area contributed by atoms with Crippen LogP contribution in [0.25, 0.3) is 10.9 Å². The predicted octanol–water partition coefficient (Wildman–Crippen LogP) is 3.88. The van der Waals surface area contributed by atoms with E-state index >= 15 is 0 Å². The smallest absolute Gasteiger partial charge is 0.290 e. The summed E-state index contributed by atoms with van der Waals surface area (Å²) in [5, 5.41) is 37.3. The molecule has 4 aromatic carbocycles. The predicted molar refractivity (Wildman–Crippen MR) is 223 cm³/mol. The highest BCUT2D eigenvalue weighted by molar-refractivity contribution is 5.95. The highest BCUT2D eigenvalue weighted by Gasteiger charge is 2.29. The Bertz CT molecular complexity index is 2030. The number of benzene rings is 4. The Morgan fingerprint density at radius 1 is 0.690 bits per heavy atom. The molecule has 1 aromatic heterocycles. The number of H-pyrrole nitrogens is 1. The maximum absolute atomic E-state index is 13.9. The molecule has 10 N–H and O–H groups in total. The molecule has 308 valence electrons. The van der Waals surface area contributed by atoms with Crippen LogP contribution in [0.4, 0.5) is 0 Å². The number of carbonyl (C=O) groups excluding carboxylic acids is 4. The van der Waals surface area contributed by atoms with E-state index in [2.05, 4.69) is 26.3 Å². The van der Waals surface area contributed by atoms with Gasteiger partial charge >= 0.3 is 0 Å². The second kappa shape index (κ2) is 23.4. The van der Waals surface area contributed by atoms with Crippen LogP contribution in [-0.4, -0.2) is 81.1 Å². The molecule has 1 heterocycles. The summed E-state index contributed by atoms with van der Waals surface area (Å²) in [4.78, 5) is 64.8. The lowest BCUT2D eigenvalue weighted by molar-refractivity contribution is -0.133. The van der Waals surface area contributed by atoms with Crippen molar-refractivity contribution in [3.63, 3.8) is 0 Å². The van der Waals surface area contributed by atoms with Gasteiger partial charge in [-0.15, -0.1) is 0 Å². The fourth-order valence-corrected chi connectivity index (χ4v) is 5.63. The van der Waals surface area contributed by atoms with E-state index in [0.717, 1.165) is 27.6 Å². The van der Waals surface area contributed by atoms with Gasteiger partial charge in [0.25, 0.3) is 6.47 Å². The van der Waals surface area contributed by atoms with Crippen molar-refractivity contribution in [2.24, 2.45) is 11.7 Å². The zero-order valence-electron chi connectivity index (χ0n) is 33.1. The van der Waals surface area contributed by atoms with Crippen LogP contribution in [0.2, 0.25) is 0 Å². The van der Waals surface area contributed by atoms with Gasteiger partial charge in [-0.1, -0.05) is 92.2 Å². The van der Waals surface area contributed by atoms with Crippen LogP contribution in [0.15, 0.2) is 109 Å². The third kappa shape index (κ3) is 15.5. The van der Waals surface area contributed by atoms with Crippen LogP contribution in [0.5, 0.6) is 11.5 Å². The van der Waals surface area contributed by atoms with E-state index in [0.29, 0.717) is 5.75 Å². The summed E-state index contributed by atoms with van der Waals surface area (Å²) in [5.41, 5.74) is 10.6. The molecule has 0 aliphatic carbocycles. The minimum absolute atomic E-state index is 0.0797. The average Bonchev–Trinajstić information content (AvgIpc) is 3.61. The summed E-state index contributed by atoms with van der Waals surface area (Å²) in [5.74, 6) is -1.34. The lowest BCUT2D eigenvalue weighted by Crippen LogP contribution is -2.57. The van der Waals surface area contributed by atoms with Gasteiger partial charge in [-0.25, -0.2) is 0 Å². The van der Waals surface area contributed by atoms with E-state index in [1.165, 1.54) is 17.7 Å². The number of carbonyl (C=O) groups is 5. The first-order valence-electron chi connectivity index (χ1n) is 18.8. The Labute approximate surface area is 338 Å². The number of aromatic hydroxyl groups is 2. The molecule has 0 aliphatic heterocycles. The maximum atomic E-state index is 13.9. The summed E-state index contributed by atoms with van der Waals surface area (Å²) in [6.45, 7) is 7.34. The number of hydrogen-bond acceptors (Lipinski definition) is 8. The number of hydrogen-bond donors (Lipinski definition) is 9. The van der Waals surface area contributed by atoms with Crippen LogP contribution in [-0.2, 0) is 43.2 Å². The van der Waals surface area contributed by atoms with E-state index in [1.807, 2.05) is 94.4 Å². The molecule has 0 radical (unpaired) electrons. The Morgan fingerprint density at radius 3 is 1.83 bits per heavy atom. The quantitative estimate of drug-likeness (QED) is 0.0699. The van der Waals surface area contributed by atoms with Gasteiger partial charge in [0, 0.05) is 36.0 Å². The zero-order chi connectivity index (χ0) is 42.6. The van der Waals surface area contributed by atoms with Gasteiger partial charge in [0.15, 0.2) is 0 Å². The van der Waals surface area contributed by atoms with Crippen molar-refractivity contribution < 1.29 is 39.3 Å². The summed E-state index contributed by atoms with van der Waals surface area (Å²) in [6, 6.07) is 27.1. The Kier molecular flexibility index (Phi) is 18.5. The number of fused-ring (bicyclic) bond motifs is 1. The SMILES string of the molecule is CC(C)C(C)NC(=O)CNC(=O)C(Cc1c[nH]c2ccccc12)NC(=O)[C@H](Cc1ccccc1)NC(=O)C(N)Cc1ccc(O)cc1.Cc1ccc(O)cc1.O=CO.